The maximum absolute atomic E-state index is 10.2. The molecule has 0 heterocycles. The summed E-state index contributed by atoms with van der Waals surface area (Å²) in [6.45, 7) is 6.17. The van der Waals surface area contributed by atoms with Gasteiger partial charge < -0.3 is 4.74 Å². The molecule has 0 amide bonds. The lowest BCUT2D eigenvalue weighted by Crippen LogP contribution is -2.05. The van der Waals surface area contributed by atoms with Gasteiger partial charge in [-0.1, -0.05) is 13.2 Å². The van der Waals surface area contributed by atoms with Crippen molar-refractivity contribution in [2.24, 2.45) is 0 Å². The van der Waals surface area contributed by atoms with Crippen molar-refractivity contribution in [1.29, 1.82) is 0 Å². The molecule has 3 radical (unpaired) electrons. The Kier molecular flexibility index (Phi) is 7.46. The second-order valence-electron chi connectivity index (χ2n) is 1.15. The van der Waals surface area contributed by atoms with Crippen molar-refractivity contribution >= 4 is 29.3 Å². The van der Waals surface area contributed by atoms with Gasteiger partial charge in [0.25, 0.3) is 0 Å². The Balaban J connectivity index is 0. The molecular formula is C6H6AlO3. The van der Waals surface area contributed by atoms with E-state index in [1.807, 2.05) is 0 Å². The Morgan fingerprint density at radius 1 is 1.10 bits per heavy atom. The maximum atomic E-state index is 10.2. The lowest BCUT2D eigenvalue weighted by Gasteiger charge is -1.90. The lowest BCUT2D eigenvalue weighted by atomic mass is 10.6. The molecule has 0 unspecified atom stereocenters. The summed E-state index contributed by atoms with van der Waals surface area (Å²) < 4.78 is 4.03. The molecule has 0 aromatic rings. The highest BCUT2D eigenvalue weighted by Crippen LogP contribution is 1.80. The van der Waals surface area contributed by atoms with Crippen molar-refractivity contribution in [3.63, 3.8) is 0 Å². The first kappa shape index (κ1) is 11.9. The van der Waals surface area contributed by atoms with Crippen LogP contribution in [0.4, 0.5) is 0 Å². The van der Waals surface area contributed by atoms with Gasteiger partial charge in [0.1, 0.15) is 0 Å². The minimum absolute atomic E-state index is 0. The smallest absolute Gasteiger partial charge is 0.338 e. The summed E-state index contributed by atoms with van der Waals surface area (Å²) in [6, 6.07) is 0. The highest BCUT2D eigenvalue weighted by Gasteiger charge is 1.99. The predicted molar refractivity (Wildman–Crippen MR) is 37.2 cm³/mol. The largest absolute Gasteiger partial charge is 0.387 e. The standard InChI is InChI=1S/C6H6O3.Al/c1-3-5(7)9-6(8)4-2;/h3-4H,1-2H2;. The molecule has 0 aliphatic rings. The molecular weight excluding hydrogens is 147 g/mol. The third-order valence-electron chi connectivity index (χ3n) is 0.535. The summed E-state index contributed by atoms with van der Waals surface area (Å²) in [6.07, 6.45) is 1.81. The molecule has 0 N–H and O–H groups in total. The van der Waals surface area contributed by atoms with Gasteiger partial charge in [0.05, 0.1) is 0 Å². The highest BCUT2D eigenvalue weighted by atomic mass is 27.0. The van der Waals surface area contributed by atoms with Crippen LogP contribution in [0, 0.1) is 0 Å². The normalized spacial score (nSPS) is 6.80. The van der Waals surface area contributed by atoms with Crippen molar-refractivity contribution in [2.75, 3.05) is 0 Å². The molecule has 51 valence electrons. The third kappa shape index (κ3) is 5.29. The number of rotatable bonds is 2. The fourth-order valence-electron chi connectivity index (χ4n) is 0.182. The Morgan fingerprint density at radius 3 is 1.60 bits per heavy atom. The van der Waals surface area contributed by atoms with E-state index in [0.717, 1.165) is 12.2 Å². The Labute approximate surface area is 69.5 Å². The second-order valence-corrected chi connectivity index (χ2v) is 1.15. The van der Waals surface area contributed by atoms with Crippen LogP contribution >= 0.6 is 0 Å². The highest BCUT2D eigenvalue weighted by molar-refractivity contribution is 5.95. The van der Waals surface area contributed by atoms with E-state index in [4.69, 9.17) is 0 Å². The van der Waals surface area contributed by atoms with Crippen molar-refractivity contribution in [3.8, 4) is 0 Å². The minimum atomic E-state index is -0.764. The van der Waals surface area contributed by atoms with Crippen molar-refractivity contribution in [2.45, 2.75) is 0 Å². The van der Waals surface area contributed by atoms with Crippen LogP contribution < -0.4 is 0 Å². The summed E-state index contributed by atoms with van der Waals surface area (Å²) in [5, 5.41) is 0. The molecule has 0 bridgehead atoms. The number of ether oxygens (including phenoxy) is 1. The number of hydrogen-bond donors (Lipinski definition) is 0. The fraction of sp³-hybridized carbons (Fsp3) is 0. The van der Waals surface area contributed by atoms with Crippen LogP contribution in [0.1, 0.15) is 0 Å². The van der Waals surface area contributed by atoms with Gasteiger partial charge in [0.15, 0.2) is 0 Å². The molecule has 0 aromatic carbocycles. The quantitative estimate of drug-likeness (QED) is 0.243. The monoisotopic (exact) mass is 153 g/mol. The van der Waals surface area contributed by atoms with Crippen LogP contribution in [0.15, 0.2) is 25.3 Å². The van der Waals surface area contributed by atoms with Gasteiger partial charge in [-0.2, -0.15) is 0 Å². The van der Waals surface area contributed by atoms with E-state index in [-0.39, 0.29) is 17.4 Å². The first-order valence-corrected chi connectivity index (χ1v) is 2.21. The van der Waals surface area contributed by atoms with E-state index in [9.17, 15) is 9.59 Å². The zero-order valence-corrected chi connectivity index (χ0v) is 6.53. The molecule has 3 nitrogen and oxygen atoms in total. The van der Waals surface area contributed by atoms with Crippen LogP contribution in [0.25, 0.3) is 0 Å². The van der Waals surface area contributed by atoms with Crippen LogP contribution in [0.3, 0.4) is 0 Å². The van der Waals surface area contributed by atoms with E-state index < -0.39 is 11.9 Å². The average Bonchev–Trinajstić information content (AvgIpc) is 1.87. The lowest BCUT2D eigenvalue weighted by molar-refractivity contribution is -0.152. The molecule has 0 atom stereocenters. The maximum Gasteiger partial charge on any atom is 0.338 e. The number of carbonyl (C=O) groups excluding carboxylic acids is 2. The van der Waals surface area contributed by atoms with Crippen molar-refractivity contribution < 1.29 is 14.3 Å². The summed E-state index contributed by atoms with van der Waals surface area (Å²) >= 11 is 0. The Morgan fingerprint density at radius 2 is 1.40 bits per heavy atom. The molecule has 0 spiro atoms. The van der Waals surface area contributed by atoms with E-state index >= 15 is 0 Å². The van der Waals surface area contributed by atoms with Crippen LogP contribution in [-0.4, -0.2) is 29.3 Å². The third-order valence-corrected chi connectivity index (χ3v) is 0.535. The second kappa shape index (κ2) is 6.28. The molecule has 0 fully saturated rings. The molecule has 10 heavy (non-hydrogen) atoms. The fourth-order valence-corrected chi connectivity index (χ4v) is 0.182. The van der Waals surface area contributed by atoms with Crippen LogP contribution in [-0.2, 0) is 14.3 Å². The summed E-state index contributed by atoms with van der Waals surface area (Å²) in [4.78, 5) is 20.3. The Hall–Kier alpha value is -0.848. The number of carbonyl (C=O) groups is 2. The van der Waals surface area contributed by atoms with E-state index in [2.05, 4.69) is 17.9 Å². The van der Waals surface area contributed by atoms with Crippen LogP contribution in [0.5, 0.6) is 0 Å². The Bertz CT molecular complexity index is 144. The molecule has 0 aliphatic carbocycles. The van der Waals surface area contributed by atoms with Gasteiger partial charge in [0.2, 0.25) is 0 Å². The topological polar surface area (TPSA) is 43.4 Å². The SMILES string of the molecule is C=CC(=O)OC(=O)C=C.[Al]. The van der Waals surface area contributed by atoms with E-state index in [1.165, 1.54) is 0 Å². The average molecular weight is 153 g/mol. The molecule has 4 heteroatoms. The first-order valence-electron chi connectivity index (χ1n) is 2.21. The number of esters is 2. The predicted octanol–water partition coefficient (Wildman–Crippen LogP) is 0.0474. The van der Waals surface area contributed by atoms with Gasteiger partial charge in [-0.25, -0.2) is 9.59 Å². The van der Waals surface area contributed by atoms with Crippen molar-refractivity contribution in [1.82, 2.24) is 0 Å². The van der Waals surface area contributed by atoms with Gasteiger partial charge in [-0.3, -0.25) is 0 Å². The summed E-state index contributed by atoms with van der Waals surface area (Å²) in [5.41, 5.74) is 0. The van der Waals surface area contributed by atoms with Crippen LogP contribution in [0.2, 0.25) is 0 Å². The zero-order chi connectivity index (χ0) is 7.28. The van der Waals surface area contributed by atoms with E-state index in [0.29, 0.717) is 0 Å². The van der Waals surface area contributed by atoms with Gasteiger partial charge in [-0.15, -0.1) is 0 Å². The molecule has 0 aliphatic heterocycles. The van der Waals surface area contributed by atoms with Crippen molar-refractivity contribution in [3.05, 3.63) is 25.3 Å². The van der Waals surface area contributed by atoms with Gasteiger partial charge in [0, 0.05) is 29.5 Å². The molecule has 0 saturated carbocycles. The summed E-state index contributed by atoms with van der Waals surface area (Å²) in [5.74, 6) is -1.53. The summed E-state index contributed by atoms with van der Waals surface area (Å²) in [7, 11) is 0. The molecule has 0 saturated heterocycles. The molecule has 0 rings (SSSR count). The van der Waals surface area contributed by atoms with Gasteiger partial charge in [-0.05, 0) is 0 Å². The van der Waals surface area contributed by atoms with Gasteiger partial charge >= 0.3 is 11.9 Å². The minimum Gasteiger partial charge on any atom is -0.387 e. The molecule has 0 aromatic heterocycles. The number of hydrogen-bond acceptors (Lipinski definition) is 3. The first-order chi connectivity index (χ1) is 4.20. The zero-order valence-electron chi connectivity index (χ0n) is 5.37. The van der Waals surface area contributed by atoms with E-state index in [1.54, 1.807) is 0 Å².